The minimum atomic E-state index is 1.10. The average Bonchev–Trinajstić information content (AvgIpc) is 1.46. The predicted octanol–water partition coefficient (Wildman–Crippen LogP) is 0.257. The van der Waals surface area contributed by atoms with Crippen molar-refractivity contribution in [2.75, 3.05) is 0 Å². The molecule has 1 nitrogen and oxygen atoms in total. The molecule has 0 saturated heterocycles. The van der Waals surface area contributed by atoms with E-state index in [1.807, 2.05) is 0 Å². The summed E-state index contributed by atoms with van der Waals surface area (Å²) in [6, 6.07) is 0. The van der Waals surface area contributed by atoms with Crippen LogP contribution in [-0.2, 0) is 12.5 Å². The first-order chi connectivity index (χ1) is 2.41. The standard InChI is InChI=1S/C2H5.K.OS/c1-2;;1-2/h1H2,2H3;;. The molecule has 0 saturated carbocycles. The van der Waals surface area contributed by atoms with E-state index in [2.05, 4.69) is 19.5 Å². The van der Waals surface area contributed by atoms with Gasteiger partial charge in [0.15, 0.2) is 12.5 Å². The first-order valence-electron chi connectivity index (χ1n) is 1.58. The fraction of sp³-hybridized carbons (Fsp3) is 1.00. The first kappa shape index (κ1) is 9.82. The number of hydrogen-bond acceptors (Lipinski definition) is 2. The number of rotatable bonds is 0. The zero-order valence-electron chi connectivity index (χ0n) is 3.52. The molecular weight excluding hydrogens is 111 g/mol. The van der Waals surface area contributed by atoms with Crippen LogP contribution in [0.3, 0.4) is 0 Å². The molecule has 0 fully saturated rings. The van der Waals surface area contributed by atoms with Crippen molar-refractivity contribution in [2.24, 2.45) is 0 Å². The molecule has 26 valence electrons. The van der Waals surface area contributed by atoms with Crippen LogP contribution in [0, 0.1) is 0 Å². The van der Waals surface area contributed by atoms with Crippen LogP contribution in [0.1, 0.15) is 6.92 Å². The minimum Gasteiger partial charge on any atom is -0.197 e. The van der Waals surface area contributed by atoms with E-state index in [9.17, 15) is 0 Å². The third kappa shape index (κ3) is 27.6. The van der Waals surface area contributed by atoms with Gasteiger partial charge in [0.1, 0.15) is 0 Å². The van der Waals surface area contributed by atoms with E-state index in [1.165, 1.54) is 0.515 Å². The van der Waals surface area contributed by atoms with Gasteiger partial charge in [0.25, 0.3) is 0 Å². The van der Waals surface area contributed by atoms with Crippen molar-refractivity contribution in [1.82, 2.24) is 0 Å². The van der Waals surface area contributed by atoms with Crippen LogP contribution < -0.4 is 0 Å². The molecule has 0 rings (SSSR count). The van der Waals surface area contributed by atoms with Crippen molar-refractivity contribution in [3.8, 4) is 0 Å². The van der Waals surface area contributed by atoms with E-state index < -0.39 is 0 Å². The molecule has 0 amide bonds. The Balaban J connectivity index is 0. The van der Waals surface area contributed by atoms with Crippen molar-refractivity contribution in [2.45, 2.75) is 7.44 Å². The van der Waals surface area contributed by atoms with Crippen molar-refractivity contribution in [3.05, 3.63) is 0 Å². The summed E-state index contributed by atoms with van der Waals surface area (Å²) in [6.07, 6.45) is 0. The second-order valence-electron chi connectivity index (χ2n) is 0.707. The van der Waals surface area contributed by atoms with Gasteiger partial charge in [-0.1, -0.05) is 0 Å². The molecule has 0 atom stereocenters. The van der Waals surface area contributed by atoms with E-state index >= 15 is 0 Å². The van der Waals surface area contributed by atoms with Crippen LogP contribution in [0.2, 0.25) is 0.515 Å². The Labute approximate surface area is 71.6 Å². The van der Waals surface area contributed by atoms with Gasteiger partial charge in [-0.25, -0.2) is 0 Å². The molecule has 0 heterocycles. The largest absolute Gasteiger partial charge is 0.197 e. The second-order valence-corrected chi connectivity index (χ2v) is 2.92. The van der Waals surface area contributed by atoms with Crippen LogP contribution in [-0.4, -0.2) is 53.2 Å². The molecule has 0 aromatic carbocycles. The van der Waals surface area contributed by atoms with Crippen LogP contribution in [0.5, 0.6) is 0 Å². The van der Waals surface area contributed by atoms with Gasteiger partial charge in [-0.3, -0.25) is 0 Å². The van der Waals surface area contributed by atoms with Crippen LogP contribution in [0.25, 0.3) is 0 Å². The Kier molecular flexibility index (Phi) is 34.1. The van der Waals surface area contributed by atoms with Gasteiger partial charge in [-0.2, -0.15) is 4.21 Å². The van der Waals surface area contributed by atoms with Crippen molar-refractivity contribution in [3.63, 3.8) is 0 Å². The Morgan fingerprint density at radius 1 is 1.80 bits per heavy atom. The molecule has 5 heavy (non-hydrogen) atoms. The van der Waals surface area contributed by atoms with Crippen LogP contribution in [0.4, 0.5) is 0 Å². The molecule has 0 aromatic heterocycles. The quantitative estimate of drug-likeness (QED) is 0.422. The van der Waals surface area contributed by atoms with Crippen molar-refractivity contribution in [1.29, 1.82) is 0 Å². The first-order valence-corrected chi connectivity index (χ1v) is 4.12. The van der Waals surface area contributed by atoms with Gasteiger partial charge < -0.3 is 0 Å². The SMILES string of the molecule is C[CH2][K].O=S. The van der Waals surface area contributed by atoms with Gasteiger partial charge in [-0.15, -0.1) is 0 Å². The molecule has 0 aliphatic carbocycles. The van der Waals surface area contributed by atoms with Gasteiger partial charge >= 0.3 is 56.4 Å². The average molecular weight is 116 g/mol. The Morgan fingerprint density at radius 3 is 1.80 bits per heavy atom. The fourth-order valence-corrected chi connectivity index (χ4v) is 0. The van der Waals surface area contributed by atoms with Gasteiger partial charge in [-0.05, 0) is 0 Å². The molecule has 0 aliphatic heterocycles. The molecule has 3 heteroatoms. The summed E-state index contributed by atoms with van der Waals surface area (Å²) < 4.78 is 9.27. The van der Waals surface area contributed by atoms with E-state index in [4.69, 9.17) is 4.21 Å². The summed E-state index contributed by atoms with van der Waals surface area (Å²) in [5, 5.41) is 0. The Bertz CT molecular complexity index is 13.6. The Morgan fingerprint density at radius 2 is 1.80 bits per heavy atom. The van der Waals surface area contributed by atoms with Gasteiger partial charge in [0.05, 0.1) is 0 Å². The maximum absolute atomic E-state index is 7.83. The molecule has 0 N–H and O–H groups in total. The second kappa shape index (κ2) is 17.4. The molecule has 0 bridgehead atoms. The summed E-state index contributed by atoms with van der Waals surface area (Å²) in [5.41, 5.74) is 0. The molecule has 0 spiro atoms. The third-order valence-corrected chi connectivity index (χ3v) is 0. The molecule has 0 radical (unpaired) electrons. The normalized spacial score (nSPS) is 4.60. The maximum atomic E-state index is 7.83. The summed E-state index contributed by atoms with van der Waals surface area (Å²) >= 11 is 3.94. The summed E-state index contributed by atoms with van der Waals surface area (Å²) in [6.45, 7) is 2.21. The van der Waals surface area contributed by atoms with Crippen LogP contribution in [0.15, 0.2) is 0 Å². The fourth-order valence-electron chi connectivity index (χ4n) is 0. The summed E-state index contributed by atoms with van der Waals surface area (Å²) in [7, 11) is 0. The monoisotopic (exact) mass is 116 g/mol. The molecule has 0 aromatic rings. The third-order valence-electron chi connectivity index (χ3n) is 0. The molecule has 0 aliphatic rings. The summed E-state index contributed by atoms with van der Waals surface area (Å²) in [4.78, 5) is 0. The van der Waals surface area contributed by atoms with Crippen molar-refractivity contribution >= 4 is 61.5 Å². The van der Waals surface area contributed by atoms with E-state index in [0.717, 1.165) is 49.0 Å². The molecular formula is C2H5KOS. The van der Waals surface area contributed by atoms with Gasteiger partial charge in [0, 0.05) is 0 Å². The maximum Gasteiger partial charge on any atom is 0.197 e. The van der Waals surface area contributed by atoms with Gasteiger partial charge in [0.2, 0.25) is 0 Å². The topological polar surface area (TPSA) is 17.1 Å². The van der Waals surface area contributed by atoms with Crippen LogP contribution >= 0.6 is 0 Å². The predicted molar refractivity (Wildman–Crippen MR) is 24.4 cm³/mol. The smallest absolute Gasteiger partial charge is 0.197 e. The molecule has 0 unspecified atom stereocenters. The minimum absolute atomic E-state index is 1.10. The number of hydrogen-bond donors (Lipinski definition) is 0. The van der Waals surface area contributed by atoms with E-state index in [-0.39, 0.29) is 0 Å². The Hall–Kier alpha value is 1.66. The van der Waals surface area contributed by atoms with E-state index in [1.54, 1.807) is 0 Å². The zero-order valence-corrected chi connectivity index (χ0v) is 7.46. The van der Waals surface area contributed by atoms with Crippen molar-refractivity contribution < 1.29 is 4.21 Å². The van der Waals surface area contributed by atoms with E-state index in [0.29, 0.717) is 0 Å². The zero-order chi connectivity index (χ0) is 4.71. The summed E-state index contributed by atoms with van der Waals surface area (Å²) in [5.74, 6) is 0.